The maximum atomic E-state index is 15.2. The molecule has 3 N–H and O–H groups in total. The number of benzene rings is 1. The normalized spacial score (nSPS) is 24.1. The quantitative estimate of drug-likeness (QED) is 0.640. The number of hydrogen-bond donors (Lipinski definition) is 2. The minimum atomic E-state index is -4.15. The summed E-state index contributed by atoms with van der Waals surface area (Å²) in [6.07, 6.45) is 5.56. The lowest BCUT2D eigenvalue weighted by Crippen LogP contribution is -2.48. The second-order valence-electron chi connectivity index (χ2n) is 8.14. The number of aromatic nitrogens is 1. The molecule has 4 rings (SSSR count). The maximum absolute atomic E-state index is 15.2. The monoisotopic (exact) mass is 476 g/mol. The van der Waals surface area contributed by atoms with Crippen molar-refractivity contribution < 1.29 is 26.7 Å². The zero-order valence-corrected chi connectivity index (χ0v) is 18.7. The molecular formula is C22H22F2N4O4S. The van der Waals surface area contributed by atoms with Crippen LogP contribution in [0.2, 0.25) is 0 Å². The molecular weight excluding hydrogens is 454 g/mol. The molecule has 11 heteroatoms. The van der Waals surface area contributed by atoms with Gasteiger partial charge in [0.1, 0.15) is 34.7 Å². The fourth-order valence-corrected chi connectivity index (χ4v) is 5.31. The Hall–Kier alpha value is -3.34. The molecule has 1 amide bonds. The molecule has 3 atom stereocenters. The van der Waals surface area contributed by atoms with E-state index in [0.717, 1.165) is 17.9 Å². The maximum Gasteiger partial charge on any atom is 0.283 e. The Kier molecular flexibility index (Phi) is 5.69. The van der Waals surface area contributed by atoms with Crippen LogP contribution in [0.1, 0.15) is 28.0 Å². The van der Waals surface area contributed by atoms with E-state index in [2.05, 4.69) is 15.3 Å². The zero-order valence-electron chi connectivity index (χ0n) is 17.9. The lowest BCUT2D eigenvalue weighted by molar-refractivity contribution is 0.0643. The number of sulfone groups is 1. The van der Waals surface area contributed by atoms with Gasteiger partial charge in [0.2, 0.25) is 0 Å². The van der Waals surface area contributed by atoms with E-state index in [0.29, 0.717) is 6.42 Å². The van der Waals surface area contributed by atoms with E-state index in [4.69, 9.17) is 10.5 Å². The van der Waals surface area contributed by atoms with Crippen molar-refractivity contribution in [2.75, 3.05) is 18.2 Å². The van der Waals surface area contributed by atoms with Crippen LogP contribution in [0, 0.1) is 18.7 Å². The number of aryl methyl sites for hydroxylation is 1. The first-order valence-corrected chi connectivity index (χ1v) is 12.0. The van der Waals surface area contributed by atoms with Crippen molar-refractivity contribution in [1.29, 1.82) is 0 Å². The Morgan fingerprint density at radius 1 is 1.36 bits per heavy atom. The topological polar surface area (TPSA) is 124 Å². The molecule has 1 aliphatic carbocycles. The molecule has 0 spiro atoms. The lowest BCUT2D eigenvalue weighted by atomic mass is 9.76. The number of aliphatic imine (C=N–C) groups is 1. The van der Waals surface area contributed by atoms with Gasteiger partial charge in [0.25, 0.3) is 11.9 Å². The van der Waals surface area contributed by atoms with Crippen molar-refractivity contribution in [3.8, 4) is 0 Å². The third-order valence-corrected chi connectivity index (χ3v) is 6.89. The lowest BCUT2D eigenvalue weighted by Gasteiger charge is -2.40. The Labute approximate surface area is 189 Å². The largest absolute Gasteiger partial charge is 0.461 e. The molecule has 174 valence electrons. The van der Waals surface area contributed by atoms with Crippen LogP contribution in [-0.4, -0.2) is 44.4 Å². The van der Waals surface area contributed by atoms with E-state index >= 15 is 4.39 Å². The van der Waals surface area contributed by atoms with Crippen molar-refractivity contribution in [3.63, 3.8) is 0 Å². The van der Waals surface area contributed by atoms with E-state index < -0.39 is 50.7 Å². The molecule has 1 aromatic carbocycles. The van der Waals surface area contributed by atoms with E-state index in [1.807, 2.05) is 6.92 Å². The number of carbonyl (C=O) groups is 1. The summed E-state index contributed by atoms with van der Waals surface area (Å²) in [6, 6.07) is 4.94. The number of hydrogen-bond acceptors (Lipinski definition) is 7. The molecule has 0 saturated heterocycles. The summed E-state index contributed by atoms with van der Waals surface area (Å²) in [5.74, 6) is -2.51. The molecule has 2 aromatic rings. The fourth-order valence-electron chi connectivity index (χ4n) is 4.26. The van der Waals surface area contributed by atoms with Crippen LogP contribution in [0.15, 0.2) is 52.5 Å². The van der Waals surface area contributed by atoms with Gasteiger partial charge in [-0.25, -0.2) is 22.2 Å². The van der Waals surface area contributed by atoms with Crippen LogP contribution in [0.25, 0.3) is 0 Å². The number of rotatable bonds is 5. The average molecular weight is 477 g/mol. The highest BCUT2D eigenvalue weighted by Gasteiger charge is 2.51. The minimum Gasteiger partial charge on any atom is -0.461 e. The molecule has 8 nitrogen and oxygen atoms in total. The first-order valence-electron chi connectivity index (χ1n) is 10.1. The van der Waals surface area contributed by atoms with Crippen LogP contribution in [-0.2, 0) is 20.1 Å². The molecule has 1 aromatic heterocycles. The van der Waals surface area contributed by atoms with Gasteiger partial charge >= 0.3 is 0 Å². The van der Waals surface area contributed by atoms with E-state index in [-0.39, 0.29) is 23.0 Å². The summed E-state index contributed by atoms with van der Waals surface area (Å²) in [6.45, 7) is 0.642. The van der Waals surface area contributed by atoms with Crippen LogP contribution < -0.4 is 11.1 Å². The van der Waals surface area contributed by atoms with Crippen molar-refractivity contribution in [1.82, 2.24) is 4.98 Å². The van der Waals surface area contributed by atoms with E-state index in [1.165, 1.54) is 18.3 Å². The average Bonchev–Trinajstić information content (AvgIpc) is 3.21. The summed E-state index contributed by atoms with van der Waals surface area (Å²) in [4.78, 5) is 20.1. The summed E-state index contributed by atoms with van der Waals surface area (Å²) >= 11 is 0. The van der Waals surface area contributed by atoms with Crippen LogP contribution >= 0.6 is 0 Å². The number of amides is 1. The molecule has 2 aliphatic rings. The van der Waals surface area contributed by atoms with Crippen molar-refractivity contribution in [3.05, 3.63) is 65.3 Å². The number of carbonyl (C=O) groups excluding carboxylic acids is 1. The van der Waals surface area contributed by atoms with Crippen LogP contribution in [0.3, 0.4) is 0 Å². The molecule has 0 unspecified atom stereocenters. The smallest absolute Gasteiger partial charge is 0.283 e. The Bertz CT molecular complexity index is 1280. The number of halogens is 2. The summed E-state index contributed by atoms with van der Waals surface area (Å²) in [7, 11) is -4.15. The molecule has 2 heterocycles. The highest BCUT2D eigenvalue weighted by molar-refractivity contribution is 7.90. The van der Waals surface area contributed by atoms with Gasteiger partial charge in [-0.2, -0.15) is 0 Å². The number of fused-ring (bicyclic) bond motifs is 1. The standard InChI is InChI=1S/C22H22F2N4O4S/c1-12-6-7-17(26-10-12)20(29)27-13-8-15(19(16(24)9-13)33(2,30)31)22(11-23)14-4-3-5-18(14)32-21(25)28-22/h3-4,6-10,14,18H,5,11H2,1-2H3,(H2,25,28)(H,27,29)/t14-,18+,22-/m0/s1. The van der Waals surface area contributed by atoms with Gasteiger partial charge in [-0.3, -0.25) is 9.78 Å². The first kappa shape index (κ1) is 22.8. The summed E-state index contributed by atoms with van der Waals surface area (Å²) in [5.41, 5.74) is 4.55. The number of pyridine rings is 1. The van der Waals surface area contributed by atoms with Crippen LogP contribution in [0.5, 0.6) is 0 Å². The number of nitrogens with zero attached hydrogens (tertiary/aromatic N) is 2. The van der Waals surface area contributed by atoms with Crippen molar-refractivity contribution in [2.24, 2.45) is 16.6 Å². The zero-order chi connectivity index (χ0) is 24.0. The second kappa shape index (κ2) is 8.22. The molecule has 0 saturated carbocycles. The highest BCUT2D eigenvalue weighted by Crippen LogP contribution is 2.47. The van der Waals surface area contributed by atoms with Crippen molar-refractivity contribution in [2.45, 2.75) is 29.9 Å². The molecule has 33 heavy (non-hydrogen) atoms. The fraction of sp³-hybridized carbons (Fsp3) is 0.318. The summed E-state index contributed by atoms with van der Waals surface area (Å²) in [5, 5.41) is 2.50. The van der Waals surface area contributed by atoms with Gasteiger partial charge in [-0.1, -0.05) is 18.2 Å². The molecule has 0 fully saturated rings. The van der Waals surface area contributed by atoms with Gasteiger partial charge in [0.05, 0.1) is 0 Å². The Morgan fingerprint density at radius 3 is 2.76 bits per heavy atom. The Morgan fingerprint density at radius 2 is 2.12 bits per heavy atom. The van der Waals surface area contributed by atoms with Crippen LogP contribution in [0.4, 0.5) is 14.5 Å². The number of alkyl halides is 1. The first-order chi connectivity index (χ1) is 15.5. The second-order valence-corrected chi connectivity index (χ2v) is 10.1. The van der Waals surface area contributed by atoms with Gasteiger partial charge in [0.15, 0.2) is 9.84 Å². The predicted octanol–water partition coefficient (Wildman–Crippen LogP) is 2.64. The number of amidine groups is 1. The molecule has 1 aliphatic heterocycles. The highest BCUT2D eigenvalue weighted by atomic mass is 32.2. The predicted molar refractivity (Wildman–Crippen MR) is 118 cm³/mol. The minimum absolute atomic E-state index is 0.0714. The number of nitrogens with one attached hydrogen (secondary N) is 1. The van der Waals surface area contributed by atoms with E-state index in [9.17, 15) is 17.6 Å². The third kappa shape index (κ3) is 4.08. The van der Waals surface area contributed by atoms with Gasteiger partial charge < -0.3 is 15.8 Å². The Balaban J connectivity index is 1.88. The van der Waals surface area contributed by atoms with Gasteiger partial charge in [-0.05, 0) is 30.7 Å². The SMILES string of the molecule is Cc1ccc(C(=O)Nc2cc(F)c(S(C)(=O)=O)c([C@@]3(CF)N=C(N)O[C@@H]4CC=C[C@@H]43)c2)nc1. The van der Waals surface area contributed by atoms with Crippen molar-refractivity contribution >= 4 is 27.5 Å². The van der Waals surface area contributed by atoms with Gasteiger partial charge in [-0.15, -0.1) is 0 Å². The summed E-state index contributed by atoms with van der Waals surface area (Å²) < 4.78 is 60.6. The molecule has 0 radical (unpaired) electrons. The van der Waals surface area contributed by atoms with Gasteiger partial charge in [0, 0.05) is 36.0 Å². The third-order valence-electron chi connectivity index (χ3n) is 5.73. The number of ether oxygens (including phenoxy) is 1. The number of nitrogens with two attached hydrogens (primary N) is 1. The molecule has 0 bridgehead atoms. The number of anilines is 1. The van der Waals surface area contributed by atoms with E-state index in [1.54, 1.807) is 18.2 Å².